The Morgan fingerprint density at radius 2 is 1.76 bits per heavy atom. The van der Waals surface area contributed by atoms with Crippen molar-refractivity contribution in [3.05, 3.63) is 64.7 Å². The van der Waals surface area contributed by atoms with Crippen LogP contribution in [-0.4, -0.2) is 71.4 Å². The second kappa shape index (κ2) is 12.6. The van der Waals surface area contributed by atoms with Crippen molar-refractivity contribution in [3.63, 3.8) is 0 Å². The molecule has 0 bridgehead atoms. The molecule has 1 atom stereocenters. The minimum Gasteiger partial charge on any atom is -0.507 e. The highest BCUT2D eigenvalue weighted by Gasteiger charge is 2.46. The van der Waals surface area contributed by atoms with Crippen molar-refractivity contribution in [2.45, 2.75) is 46.8 Å². The van der Waals surface area contributed by atoms with E-state index in [1.54, 1.807) is 42.5 Å². The van der Waals surface area contributed by atoms with Gasteiger partial charge in [-0.15, -0.1) is 0 Å². The number of likely N-dealkylation sites (tertiary alicyclic amines) is 1. The number of hydrogen-bond acceptors (Lipinski definition) is 7. The predicted octanol–water partition coefficient (Wildman–Crippen LogP) is 3.41. The molecule has 2 amide bonds. The summed E-state index contributed by atoms with van der Waals surface area (Å²) in [5.74, 6) is -1.13. The topological polar surface area (TPSA) is 122 Å². The van der Waals surface area contributed by atoms with E-state index in [0.29, 0.717) is 35.7 Å². The molecule has 0 aliphatic carbocycles. The first-order valence-electron chi connectivity index (χ1n) is 12.9. The zero-order valence-corrected chi connectivity index (χ0v) is 22.7. The predicted molar refractivity (Wildman–Crippen MR) is 145 cm³/mol. The highest BCUT2D eigenvalue weighted by atomic mass is 16.5. The monoisotopic (exact) mass is 523 g/mol. The fraction of sp³-hybridized carbons (Fsp3) is 0.414. The molecule has 1 heterocycles. The van der Waals surface area contributed by atoms with Crippen molar-refractivity contribution in [1.82, 2.24) is 9.80 Å². The summed E-state index contributed by atoms with van der Waals surface area (Å²) < 4.78 is 11.2. The Hall–Kier alpha value is -3.85. The largest absolute Gasteiger partial charge is 0.507 e. The van der Waals surface area contributed by atoms with Gasteiger partial charge in [0, 0.05) is 18.7 Å². The lowest BCUT2D eigenvalue weighted by Gasteiger charge is -2.28. The van der Waals surface area contributed by atoms with E-state index < -0.39 is 23.6 Å². The van der Waals surface area contributed by atoms with Gasteiger partial charge in [-0.2, -0.15) is 0 Å². The van der Waals surface area contributed by atoms with Crippen LogP contribution in [0.4, 0.5) is 0 Å². The van der Waals surface area contributed by atoms with E-state index in [0.717, 1.165) is 18.7 Å². The summed E-state index contributed by atoms with van der Waals surface area (Å²) in [6, 6.07) is 11.1. The van der Waals surface area contributed by atoms with Crippen LogP contribution in [0, 0.1) is 6.92 Å². The maximum atomic E-state index is 13.3. The third-order valence-electron chi connectivity index (χ3n) is 6.48. The minimum absolute atomic E-state index is 0.0146. The summed E-state index contributed by atoms with van der Waals surface area (Å²) in [6.07, 6.45) is -0.0146. The number of benzene rings is 2. The Bertz CT molecular complexity index is 1200. The number of aryl methyl sites for hydroxylation is 1. The average Bonchev–Trinajstić information content (AvgIpc) is 3.14. The van der Waals surface area contributed by atoms with E-state index in [4.69, 9.17) is 15.2 Å². The summed E-state index contributed by atoms with van der Waals surface area (Å²) in [6.45, 7) is 12.0. The number of carbonyl (C=O) groups is 3. The molecule has 0 aromatic heterocycles. The number of ketones is 1. The van der Waals surface area contributed by atoms with Crippen LogP contribution in [0.1, 0.15) is 50.4 Å². The van der Waals surface area contributed by atoms with Gasteiger partial charge in [-0.25, -0.2) is 0 Å². The fourth-order valence-electron chi connectivity index (χ4n) is 4.49. The number of Topliss-reactive ketones (excluding diaryl/α,β-unsaturated/α-hetero) is 1. The summed E-state index contributed by atoms with van der Waals surface area (Å²) in [4.78, 5) is 41.3. The Morgan fingerprint density at radius 3 is 2.32 bits per heavy atom. The molecular weight excluding hydrogens is 486 g/mol. The van der Waals surface area contributed by atoms with Gasteiger partial charge in [0.1, 0.15) is 17.3 Å². The number of primary amides is 1. The Kier molecular flexibility index (Phi) is 9.52. The zero-order chi connectivity index (χ0) is 28.0. The smallest absolute Gasteiger partial charge is 0.295 e. The van der Waals surface area contributed by atoms with E-state index in [1.807, 2.05) is 34.6 Å². The van der Waals surface area contributed by atoms with Crippen molar-refractivity contribution in [1.29, 1.82) is 0 Å². The number of likely N-dealkylation sites (N-methyl/N-ethyl adjacent to an activating group) is 1. The highest BCUT2D eigenvalue weighted by molar-refractivity contribution is 6.46. The van der Waals surface area contributed by atoms with Gasteiger partial charge in [-0.05, 0) is 75.3 Å². The molecule has 3 rings (SSSR count). The van der Waals surface area contributed by atoms with Crippen molar-refractivity contribution in [3.8, 4) is 11.5 Å². The Balaban J connectivity index is 2.06. The molecule has 2 aromatic rings. The Morgan fingerprint density at radius 1 is 1.11 bits per heavy atom. The summed E-state index contributed by atoms with van der Waals surface area (Å²) >= 11 is 0. The molecule has 2 aromatic carbocycles. The van der Waals surface area contributed by atoms with Crippen LogP contribution < -0.4 is 15.2 Å². The second-order valence-corrected chi connectivity index (χ2v) is 9.49. The SMILES string of the molecule is CCN(CC)CCN1C(=O)C(=O)C(=C(O)c2ccc(OC(C)C)c(C)c2)C1c1ccc(OCC(N)=O)cc1. The Labute approximate surface area is 223 Å². The number of rotatable bonds is 12. The van der Waals surface area contributed by atoms with Gasteiger partial charge in [-0.1, -0.05) is 26.0 Å². The van der Waals surface area contributed by atoms with Gasteiger partial charge in [0.2, 0.25) is 0 Å². The van der Waals surface area contributed by atoms with Gasteiger partial charge >= 0.3 is 0 Å². The first-order valence-corrected chi connectivity index (χ1v) is 12.9. The van der Waals surface area contributed by atoms with E-state index in [1.165, 1.54) is 4.90 Å². The van der Waals surface area contributed by atoms with Crippen LogP contribution in [0.25, 0.3) is 5.76 Å². The molecule has 9 heteroatoms. The maximum Gasteiger partial charge on any atom is 0.295 e. The molecule has 1 saturated heterocycles. The van der Waals surface area contributed by atoms with Crippen molar-refractivity contribution in [2.75, 3.05) is 32.8 Å². The molecular formula is C29H37N3O6. The van der Waals surface area contributed by atoms with E-state index >= 15 is 0 Å². The normalized spacial score (nSPS) is 16.9. The van der Waals surface area contributed by atoms with Crippen LogP contribution in [-0.2, 0) is 14.4 Å². The standard InChI is InChI=1S/C29H37N3O6/c1-6-31(7-2)14-15-32-26(20-8-11-22(12-9-20)37-17-24(30)33)25(28(35)29(32)36)27(34)21-10-13-23(19(5)16-21)38-18(3)4/h8-13,16,18,26,34H,6-7,14-15,17H2,1-5H3,(H2,30,33). The molecule has 0 spiro atoms. The lowest BCUT2D eigenvalue weighted by molar-refractivity contribution is -0.140. The van der Waals surface area contributed by atoms with Crippen LogP contribution >= 0.6 is 0 Å². The third-order valence-corrected chi connectivity index (χ3v) is 6.48. The summed E-state index contributed by atoms with van der Waals surface area (Å²) in [7, 11) is 0. The number of aliphatic hydroxyl groups excluding tert-OH is 1. The van der Waals surface area contributed by atoms with Gasteiger partial charge < -0.3 is 30.1 Å². The van der Waals surface area contributed by atoms with Gasteiger partial charge in [0.25, 0.3) is 17.6 Å². The number of hydrogen-bond donors (Lipinski definition) is 2. The molecule has 0 saturated carbocycles. The number of nitrogens with two attached hydrogens (primary N) is 1. The van der Waals surface area contributed by atoms with E-state index in [9.17, 15) is 19.5 Å². The van der Waals surface area contributed by atoms with E-state index in [-0.39, 0.29) is 24.0 Å². The highest BCUT2D eigenvalue weighted by Crippen LogP contribution is 2.40. The second-order valence-electron chi connectivity index (χ2n) is 9.49. The molecule has 1 unspecified atom stereocenters. The number of carbonyl (C=O) groups excluding carboxylic acids is 3. The molecule has 204 valence electrons. The molecule has 1 aliphatic heterocycles. The van der Waals surface area contributed by atoms with Crippen LogP contribution in [0.2, 0.25) is 0 Å². The van der Waals surface area contributed by atoms with Crippen LogP contribution in [0.15, 0.2) is 48.0 Å². The lowest BCUT2D eigenvalue weighted by Crippen LogP contribution is -2.38. The lowest BCUT2D eigenvalue weighted by atomic mass is 9.94. The van der Waals surface area contributed by atoms with Crippen molar-refractivity contribution < 1.29 is 29.0 Å². The van der Waals surface area contributed by atoms with Gasteiger partial charge in [0.05, 0.1) is 17.7 Å². The summed E-state index contributed by atoms with van der Waals surface area (Å²) in [5, 5.41) is 11.4. The fourth-order valence-corrected chi connectivity index (χ4v) is 4.49. The molecule has 1 fully saturated rings. The number of amides is 2. The molecule has 38 heavy (non-hydrogen) atoms. The van der Waals surface area contributed by atoms with Crippen LogP contribution in [0.5, 0.6) is 11.5 Å². The maximum absolute atomic E-state index is 13.3. The number of nitrogens with zero attached hydrogens (tertiary/aromatic N) is 2. The van der Waals surface area contributed by atoms with E-state index in [2.05, 4.69) is 4.90 Å². The molecule has 9 nitrogen and oxygen atoms in total. The molecule has 0 radical (unpaired) electrons. The van der Waals surface area contributed by atoms with Gasteiger partial charge in [-0.3, -0.25) is 14.4 Å². The van der Waals surface area contributed by atoms with Crippen LogP contribution in [0.3, 0.4) is 0 Å². The average molecular weight is 524 g/mol. The quantitative estimate of drug-likeness (QED) is 0.248. The molecule has 1 aliphatic rings. The third kappa shape index (κ3) is 6.52. The first kappa shape index (κ1) is 28.7. The van der Waals surface area contributed by atoms with Crippen molar-refractivity contribution in [2.24, 2.45) is 5.73 Å². The minimum atomic E-state index is -0.789. The molecule has 3 N–H and O–H groups in total. The zero-order valence-electron chi connectivity index (χ0n) is 22.7. The number of aliphatic hydroxyl groups is 1. The number of ether oxygens (including phenoxy) is 2. The van der Waals surface area contributed by atoms with Crippen molar-refractivity contribution >= 4 is 23.4 Å². The summed E-state index contributed by atoms with van der Waals surface area (Å²) in [5.41, 5.74) is 7.04. The first-order chi connectivity index (χ1) is 18.1. The van der Waals surface area contributed by atoms with Gasteiger partial charge in [0.15, 0.2) is 6.61 Å².